The molecule has 0 aliphatic heterocycles. The maximum Gasteiger partial charge on any atom is 0.340 e. The number of aliphatic carboxylic acids is 1. The van der Waals surface area contributed by atoms with E-state index >= 15 is 0 Å². The van der Waals surface area contributed by atoms with E-state index < -0.39 is 23.5 Å². The van der Waals surface area contributed by atoms with Crippen molar-refractivity contribution in [1.29, 1.82) is 0 Å². The molecule has 32 heavy (non-hydrogen) atoms. The zero-order valence-electron chi connectivity index (χ0n) is 17.7. The highest BCUT2D eigenvalue weighted by Crippen LogP contribution is 2.33. The van der Waals surface area contributed by atoms with E-state index in [9.17, 15) is 19.5 Å². The summed E-state index contributed by atoms with van der Waals surface area (Å²) in [5.41, 5.74) is 0.899. The van der Waals surface area contributed by atoms with Crippen molar-refractivity contribution in [3.8, 4) is 11.5 Å². The molecule has 1 atom stereocenters. The summed E-state index contributed by atoms with van der Waals surface area (Å²) in [5.74, 6) is -0.930. The van der Waals surface area contributed by atoms with Crippen LogP contribution in [0.2, 0.25) is 5.02 Å². The van der Waals surface area contributed by atoms with Crippen LogP contribution in [0.15, 0.2) is 45.6 Å². The lowest BCUT2D eigenvalue weighted by molar-refractivity contribution is -0.141. The van der Waals surface area contributed by atoms with Crippen LogP contribution in [0, 0.1) is 6.92 Å². The molecular formula is C23H22ClNO7. The first-order chi connectivity index (χ1) is 15.2. The van der Waals surface area contributed by atoms with Crippen molar-refractivity contribution in [2.24, 2.45) is 0 Å². The van der Waals surface area contributed by atoms with Gasteiger partial charge >= 0.3 is 11.6 Å². The van der Waals surface area contributed by atoms with Gasteiger partial charge < -0.3 is 24.3 Å². The quantitative estimate of drug-likeness (QED) is 0.497. The Morgan fingerprint density at radius 1 is 1.16 bits per heavy atom. The standard InChI is InChI=1S/C23H22ClNO7/c1-12-16(23(29)32-19-10-15(30-2)9-18(31-3)21(12)19)11-20(26)25-17(22(27)28)8-13-4-6-14(24)7-5-13/h4-7,9-10,17H,8,11H2,1-3H3,(H,25,26)(H,27,28)/t17-/m1/s1. The minimum absolute atomic E-state index is 0.0666. The van der Waals surface area contributed by atoms with Gasteiger partial charge in [0.1, 0.15) is 23.1 Å². The number of carboxylic acid groups (broad SMARTS) is 1. The SMILES string of the molecule is COc1cc(OC)c2c(C)c(CC(=O)N[C@H](Cc3ccc(Cl)cc3)C(=O)O)c(=O)oc2c1. The molecule has 1 amide bonds. The fourth-order valence-electron chi connectivity index (χ4n) is 3.43. The van der Waals surface area contributed by atoms with Gasteiger partial charge in [-0.15, -0.1) is 0 Å². The molecule has 3 aromatic rings. The van der Waals surface area contributed by atoms with Crippen LogP contribution < -0.4 is 20.4 Å². The molecule has 168 valence electrons. The molecule has 0 unspecified atom stereocenters. The smallest absolute Gasteiger partial charge is 0.340 e. The number of fused-ring (bicyclic) bond motifs is 1. The topological polar surface area (TPSA) is 115 Å². The number of carboxylic acids is 1. The fraction of sp³-hybridized carbons (Fsp3) is 0.261. The molecule has 3 rings (SSSR count). The molecule has 2 N–H and O–H groups in total. The van der Waals surface area contributed by atoms with Gasteiger partial charge in [0.15, 0.2) is 0 Å². The summed E-state index contributed by atoms with van der Waals surface area (Å²) in [6.45, 7) is 1.68. The van der Waals surface area contributed by atoms with Gasteiger partial charge in [-0.25, -0.2) is 9.59 Å². The Labute approximate surface area is 188 Å². The van der Waals surface area contributed by atoms with E-state index in [2.05, 4.69) is 5.32 Å². The predicted octanol–water partition coefficient (Wildman–Crippen LogP) is 3.13. The van der Waals surface area contributed by atoms with Crippen LogP contribution in [0.3, 0.4) is 0 Å². The molecule has 8 nitrogen and oxygen atoms in total. The highest BCUT2D eigenvalue weighted by atomic mass is 35.5. The van der Waals surface area contributed by atoms with Gasteiger partial charge in [-0.1, -0.05) is 23.7 Å². The highest BCUT2D eigenvalue weighted by Gasteiger charge is 2.23. The normalized spacial score (nSPS) is 11.8. The number of carbonyl (C=O) groups excluding carboxylic acids is 1. The average molecular weight is 460 g/mol. The van der Waals surface area contributed by atoms with E-state index in [-0.39, 0.29) is 24.0 Å². The second-order valence-corrected chi connectivity index (χ2v) is 7.60. The van der Waals surface area contributed by atoms with Gasteiger partial charge in [-0.2, -0.15) is 0 Å². The van der Waals surface area contributed by atoms with Gasteiger partial charge in [0.2, 0.25) is 5.91 Å². The van der Waals surface area contributed by atoms with Crippen molar-refractivity contribution in [3.05, 3.63) is 68.5 Å². The molecule has 2 aromatic carbocycles. The number of amides is 1. The van der Waals surface area contributed by atoms with E-state index in [1.807, 2.05) is 0 Å². The first-order valence-electron chi connectivity index (χ1n) is 9.68. The molecular weight excluding hydrogens is 438 g/mol. The molecule has 0 fully saturated rings. The molecule has 0 saturated carbocycles. The number of ether oxygens (including phenoxy) is 2. The first kappa shape index (κ1) is 23.1. The average Bonchev–Trinajstić information content (AvgIpc) is 2.76. The number of methoxy groups -OCH3 is 2. The van der Waals surface area contributed by atoms with E-state index in [0.717, 1.165) is 0 Å². The third-order valence-electron chi connectivity index (χ3n) is 5.10. The number of hydrogen-bond donors (Lipinski definition) is 2. The van der Waals surface area contributed by atoms with E-state index in [1.165, 1.54) is 14.2 Å². The van der Waals surface area contributed by atoms with Crippen molar-refractivity contribution in [3.63, 3.8) is 0 Å². The third kappa shape index (κ3) is 5.03. The molecule has 0 aliphatic carbocycles. The molecule has 0 saturated heterocycles. The lowest BCUT2D eigenvalue weighted by Gasteiger charge is -2.16. The molecule has 9 heteroatoms. The minimum Gasteiger partial charge on any atom is -0.496 e. The number of aryl methyl sites for hydroxylation is 1. The Hall–Kier alpha value is -3.52. The second kappa shape index (κ2) is 9.74. The van der Waals surface area contributed by atoms with Crippen LogP contribution in [0.25, 0.3) is 11.0 Å². The Morgan fingerprint density at radius 2 is 1.84 bits per heavy atom. The largest absolute Gasteiger partial charge is 0.496 e. The van der Waals surface area contributed by atoms with Crippen molar-refractivity contribution in [1.82, 2.24) is 5.32 Å². The summed E-state index contributed by atoms with van der Waals surface area (Å²) in [5, 5.41) is 13.1. The Morgan fingerprint density at radius 3 is 2.44 bits per heavy atom. The summed E-state index contributed by atoms with van der Waals surface area (Å²) in [7, 11) is 2.95. The van der Waals surface area contributed by atoms with Gasteiger partial charge in [-0.3, -0.25) is 4.79 Å². The van der Waals surface area contributed by atoms with Crippen LogP contribution in [-0.2, 0) is 22.4 Å². The van der Waals surface area contributed by atoms with Crippen LogP contribution in [0.4, 0.5) is 0 Å². The number of halogens is 1. The lowest BCUT2D eigenvalue weighted by Crippen LogP contribution is -2.43. The molecule has 0 aliphatic rings. The summed E-state index contributed by atoms with van der Waals surface area (Å²) in [4.78, 5) is 36.9. The summed E-state index contributed by atoms with van der Waals surface area (Å²) in [6, 6.07) is 8.69. The minimum atomic E-state index is -1.19. The van der Waals surface area contributed by atoms with E-state index in [4.69, 9.17) is 25.5 Å². The van der Waals surface area contributed by atoms with Crippen LogP contribution in [0.5, 0.6) is 11.5 Å². The number of carbonyl (C=O) groups is 2. The molecule has 0 spiro atoms. The Bertz CT molecular complexity index is 1220. The number of rotatable bonds is 8. The zero-order valence-corrected chi connectivity index (χ0v) is 18.5. The molecule has 1 aromatic heterocycles. The van der Waals surface area contributed by atoms with Crippen molar-refractivity contribution >= 4 is 34.4 Å². The summed E-state index contributed by atoms with van der Waals surface area (Å²) in [6.07, 6.45) is -0.277. The maximum absolute atomic E-state index is 12.6. The van der Waals surface area contributed by atoms with Crippen LogP contribution >= 0.6 is 11.6 Å². The number of benzene rings is 2. The van der Waals surface area contributed by atoms with Gasteiger partial charge in [0.25, 0.3) is 0 Å². The summed E-state index contributed by atoms with van der Waals surface area (Å²) < 4.78 is 16.0. The fourth-order valence-corrected chi connectivity index (χ4v) is 3.55. The third-order valence-corrected chi connectivity index (χ3v) is 5.35. The zero-order chi connectivity index (χ0) is 23.4. The van der Waals surface area contributed by atoms with Crippen molar-refractivity contribution in [2.75, 3.05) is 14.2 Å². The maximum atomic E-state index is 12.6. The monoisotopic (exact) mass is 459 g/mol. The van der Waals surface area contributed by atoms with E-state index in [0.29, 0.717) is 33.0 Å². The number of hydrogen-bond acceptors (Lipinski definition) is 6. The van der Waals surface area contributed by atoms with E-state index in [1.54, 1.807) is 43.3 Å². The van der Waals surface area contributed by atoms with Gasteiger partial charge in [0.05, 0.1) is 31.6 Å². The van der Waals surface area contributed by atoms with Gasteiger partial charge in [0, 0.05) is 23.6 Å². The highest BCUT2D eigenvalue weighted by molar-refractivity contribution is 6.30. The molecule has 1 heterocycles. The van der Waals surface area contributed by atoms with Crippen LogP contribution in [-0.4, -0.2) is 37.2 Å². The molecule has 0 radical (unpaired) electrons. The predicted molar refractivity (Wildman–Crippen MR) is 119 cm³/mol. The number of nitrogens with one attached hydrogen (secondary N) is 1. The summed E-state index contributed by atoms with van der Waals surface area (Å²) >= 11 is 5.85. The first-order valence-corrected chi connectivity index (χ1v) is 10.1. The van der Waals surface area contributed by atoms with Crippen molar-refractivity contribution in [2.45, 2.75) is 25.8 Å². The Kier molecular flexibility index (Phi) is 7.05. The second-order valence-electron chi connectivity index (χ2n) is 7.16. The lowest BCUT2D eigenvalue weighted by atomic mass is 10.0. The van der Waals surface area contributed by atoms with Gasteiger partial charge in [-0.05, 0) is 30.2 Å². The molecule has 0 bridgehead atoms. The van der Waals surface area contributed by atoms with Crippen molar-refractivity contribution < 1.29 is 28.6 Å². The Balaban J connectivity index is 1.87. The van der Waals surface area contributed by atoms with Crippen LogP contribution in [0.1, 0.15) is 16.7 Å².